The number of benzene rings is 1. The number of carbonyl (C=O) groups excluding carboxylic acids is 2. The maximum Gasteiger partial charge on any atom is 0.254 e. The van der Waals surface area contributed by atoms with Crippen LogP contribution in [0.5, 0.6) is 0 Å². The summed E-state index contributed by atoms with van der Waals surface area (Å²) in [6.45, 7) is 9.98. The van der Waals surface area contributed by atoms with E-state index >= 15 is 0 Å². The van der Waals surface area contributed by atoms with Gasteiger partial charge in [-0.2, -0.15) is 0 Å². The molecule has 2 amide bonds. The normalized spacial score (nSPS) is 23.3. The average Bonchev–Trinajstić information content (AvgIpc) is 3.10. The number of hydrogen-bond donors (Lipinski definition) is 2. The Labute approximate surface area is 201 Å². The fourth-order valence-corrected chi connectivity index (χ4v) is 5.36. The van der Waals surface area contributed by atoms with E-state index in [2.05, 4.69) is 13.2 Å². The molecule has 0 saturated carbocycles. The lowest BCUT2D eigenvalue weighted by molar-refractivity contribution is -0.00717. The molecule has 7 heteroatoms. The lowest BCUT2D eigenvalue weighted by atomic mass is 9.95. The quantitative estimate of drug-likeness (QED) is 0.546. The Morgan fingerprint density at radius 2 is 1.91 bits per heavy atom. The van der Waals surface area contributed by atoms with Gasteiger partial charge < -0.3 is 25.4 Å². The van der Waals surface area contributed by atoms with Gasteiger partial charge >= 0.3 is 0 Å². The zero-order valence-electron chi connectivity index (χ0n) is 19.7. The van der Waals surface area contributed by atoms with E-state index in [0.29, 0.717) is 56.7 Å². The molecule has 3 heterocycles. The SMILES string of the molecule is C=C/C(CN)=C(\C=C)CCC(O)CN1CCc2cc(C(=O)N3C4CCC3COC4)ccc2C1=O. The molecule has 2 saturated heterocycles. The van der Waals surface area contributed by atoms with Crippen molar-refractivity contribution >= 4 is 11.8 Å². The third-order valence-electron chi connectivity index (χ3n) is 7.30. The number of fused-ring (bicyclic) bond motifs is 3. The summed E-state index contributed by atoms with van der Waals surface area (Å²) in [5.41, 5.74) is 9.79. The molecule has 0 aromatic heterocycles. The minimum absolute atomic E-state index is 0.0337. The standard InChI is InChI=1S/C27H35N3O4/c1-3-18(19(4-2)14-28)5-9-24(31)15-29-12-11-20-13-21(6-10-25(20)27(29)33)26(32)30-22-7-8-23(30)17-34-16-22/h3-4,6,10,13,22-24,31H,1-2,5,7-9,11-12,14-17,28H2/b19-18-. The molecule has 34 heavy (non-hydrogen) atoms. The predicted octanol–water partition coefficient (Wildman–Crippen LogP) is 2.46. The molecule has 0 radical (unpaired) electrons. The summed E-state index contributed by atoms with van der Waals surface area (Å²) in [5.74, 6) is -0.0645. The first kappa shape index (κ1) is 24.4. The summed E-state index contributed by atoms with van der Waals surface area (Å²) < 4.78 is 5.60. The number of amides is 2. The van der Waals surface area contributed by atoms with Crippen LogP contribution in [0, 0.1) is 0 Å². The first-order valence-corrected chi connectivity index (χ1v) is 12.1. The third kappa shape index (κ3) is 4.87. The van der Waals surface area contributed by atoms with Crippen LogP contribution in [0.3, 0.4) is 0 Å². The zero-order chi connectivity index (χ0) is 24.2. The van der Waals surface area contributed by atoms with Crippen LogP contribution < -0.4 is 5.73 Å². The second-order valence-corrected chi connectivity index (χ2v) is 9.36. The molecular weight excluding hydrogens is 430 g/mol. The molecule has 7 nitrogen and oxygen atoms in total. The number of carbonyl (C=O) groups is 2. The fourth-order valence-electron chi connectivity index (χ4n) is 5.36. The van der Waals surface area contributed by atoms with Gasteiger partial charge in [0.1, 0.15) is 0 Å². The molecule has 3 unspecified atom stereocenters. The first-order valence-electron chi connectivity index (χ1n) is 12.1. The second-order valence-electron chi connectivity index (χ2n) is 9.36. The van der Waals surface area contributed by atoms with Crippen LogP contribution in [0.1, 0.15) is 52.0 Å². The highest BCUT2D eigenvalue weighted by atomic mass is 16.5. The van der Waals surface area contributed by atoms with Crippen molar-refractivity contribution in [3.05, 3.63) is 71.3 Å². The van der Waals surface area contributed by atoms with Gasteiger partial charge in [-0.3, -0.25) is 9.59 Å². The van der Waals surface area contributed by atoms with Crippen molar-refractivity contribution in [1.29, 1.82) is 0 Å². The van der Waals surface area contributed by atoms with E-state index in [4.69, 9.17) is 10.5 Å². The van der Waals surface area contributed by atoms with Crippen molar-refractivity contribution in [3.8, 4) is 0 Å². The number of nitrogens with zero attached hydrogens (tertiary/aromatic N) is 2. The van der Waals surface area contributed by atoms with Gasteiger partial charge in [-0.05, 0) is 67.0 Å². The molecule has 0 aliphatic carbocycles. The molecule has 1 aromatic carbocycles. The van der Waals surface area contributed by atoms with E-state index in [9.17, 15) is 14.7 Å². The molecule has 0 spiro atoms. The smallest absolute Gasteiger partial charge is 0.254 e. The van der Waals surface area contributed by atoms with Gasteiger partial charge in [0.25, 0.3) is 11.8 Å². The summed E-state index contributed by atoms with van der Waals surface area (Å²) in [6.07, 6.45) is 6.59. The molecule has 182 valence electrons. The Morgan fingerprint density at radius 1 is 1.21 bits per heavy atom. The maximum absolute atomic E-state index is 13.2. The number of aliphatic hydroxyl groups excluding tert-OH is 1. The van der Waals surface area contributed by atoms with Gasteiger partial charge in [-0.15, -0.1) is 0 Å². The highest BCUT2D eigenvalue weighted by Gasteiger charge is 2.41. The van der Waals surface area contributed by atoms with Crippen molar-refractivity contribution in [3.63, 3.8) is 0 Å². The molecule has 2 fully saturated rings. The number of aliphatic hydroxyl groups is 1. The topological polar surface area (TPSA) is 96.1 Å². The first-order chi connectivity index (χ1) is 16.5. The summed E-state index contributed by atoms with van der Waals surface area (Å²) in [6, 6.07) is 5.72. The van der Waals surface area contributed by atoms with E-state index in [1.165, 1.54) is 0 Å². The Balaban J connectivity index is 1.39. The van der Waals surface area contributed by atoms with Crippen LogP contribution in [-0.2, 0) is 11.2 Å². The van der Waals surface area contributed by atoms with Gasteiger partial charge in [-0.1, -0.05) is 25.3 Å². The monoisotopic (exact) mass is 465 g/mol. The van der Waals surface area contributed by atoms with Crippen molar-refractivity contribution in [2.24, 2.45) is 5.73 Å². The molecule has 3 N–H and O–H groups in total. The highest BCUT2D eigenvalue weighted by molar-refractivity contribution is 6.00. The van der Waals surface area contributed by atoms with Crippen LogP contribution in [0.25, 0.3) is 0 Å². The molecule has 3 aliphatic heterocycles. The van der Waals surface area contributed by atoms with Crippen molar-refractivity contribution in [2.75, 3.05) is 32.8 Å². The van der Waals surface area contributed by atoms with Crippen molar-refractivity contribution in [2.45, 2.75) is 50.3 Å². The summed E-state index contributed by atoms with van der Waals surface area (Å²) in [5, 5.41) is 10.6. The summed E-state index contributed by atoms with van der Waals surface area (Å²) in [4.78, 5) is 30.0. The number of hydrogen-bond acceptors (Lipinski definition) is 5. The molecule has 3 atom stereocenters. The van der Waals surface area contributed by atoms with Gasteiger partial charge in [0.15, 0.2) is 0 Å². The maximum atomic E-state index is 13.2. The van der Waals surface area contributed by atoms with Crippen LogP contribution >= 0.6 is 0 Å². The molecular formula is C27H35N3O4. The van der Waals surface area contributed by atoms with Gasteiger partial charge in [-0.25, -0.2) is 0 Å². The fraction of sp³-hybridized carbons (Fsp3) is 0.481. The Hall–Kier alpha value is -2.74. The molecule has 2 bridgehead atoms. The lowest BCUT2D eigenvalue weighted by Crippen LogP contribution is -2.49. The number of β-amino-alcohol motifs (C(OH)–C–C–N with tert-alkyl or cyclic N) is 1. The number of ether oxygens (including phenoxy) is 1. The van der Waals surface area contributed by atoms with E-state index in [1.54, 1.807) is 29.2 Å². The largest absolute Gasteiger partial charge is 0.391 e. The van der Waals surface area contributed by atoms with Crippen LogP contribution in [0.2, 0.25) is 0 Å². The van der Waals surface area contributed by atoms with E-state index in [0.717, 1.165) is 29.6 Å². The van der Waals surface area contributed by atoms with Crippen molar-refractivity contribution in [1.82, 2.24) is 9.80 Å². The minimum Gasteiger partial charge on any atom is -0.391 e. The van der Waals surface area contributed by atoms with Gasteiger partial charge in [0, 0.05) is 30.8 Å². The average molecular weight is 466 g/mol. The Bertz CT molecular complexity index is 986. The third-order valence-corrected chi connectivity index (χ3v) is 7.30. The number of morpholine rings is 1. The number of allylic oxidation sites excluding steroid dienone is 2. The van der Waals surface area contributed by atoms with Crippen LogP contribution in [0.15, 0.2) is 54.7 Å². The molecule has 3 aliphatic rings. The lowest BCUT2D eigenvalue weighted by Gasteiger charge is -2.35. The number of nitrogens with two attached hydrogens (primary N) is 1. The summed E-state index contributed by atoms with van der Waals surface area (Å²) >= 11 is 0. The van der Waals surface area contributed by atoms with Crippen LogP contribution in [-0.4, -0.2) is 77.8 Å². The minimum atomic E-state index is -0.651. The van der Waals surface area contributed by atoms with E-state index in [1.807, 2.05) is 11.0 Å². The highest BCUT2D eigenvalue weighted by Crippen LogP contribution is 2.31. The number of rotatable bonds is 9. The second kappa shape index (κ2) is 10.7. The van der Waals surface area contributed by atoms with Gasteiger partial charge in [0.2, 0.25) is 0 Å². The van der Waals surface area contributed by atoms with Gasteiger partial charge in [0.05, 0.1) is 31.4 Å². The van der Waals surface area contributed by atoms with E-state index in [-0.39, 0.29) is 30.4 Å². The molecule has 1 aromatic rings. The summed E-state index contributed by atoms with van der Waals surface area (Å²) in [7, 11) is 0. The zero-order valence-corrected chi connectivity index (χ0v) is 19.7. The van der Waals surface area contributed by atoms with Crippen LogP contribution in [0.4, 0.5) is 0 Å². The van der Waals surface area contributed by atoms with E-state index < -0.39 is 6.10 Å². The van der Waals surface area contributed by atoms with Crippen molar-refractivity contribution < 1.29 is 19.4 Å². The Morgan fingerprint density at radius 3 is 2.56 bits per heavy atom. The molecule has 4 rings (SSSR count). The predicted molar refractivity (Wildman–Crippen MR) is 132 cm³/mol. The Kier molecular flexibility index (Phi) is 7.66.